The van der Waals surface area contributed by atoms with Crippen LogP contribution in [-0.4, -0.2) is 67.0 Å². The number of amides is 1. The van der Waals surface area contributed by atoms with E-state index in [-0.39, 0.29) is 41.8 Å². The maximum atomic E-state index is 12.2. The third-order valence-corrected chi connectivity index (χ3v) is 6.44. The van der Waals surface area contributed by atoms with Crippen molar-refractivity contribution in [1.29, 1.82) is 0 Å². The lowest BCUT2D eigenvalue weighted by molar-refractivity contribution is -0.133. The van der Waals surface area contributed by atoms with E-state index >= 15 is 0 Å². The number of nitrogens with one attached hydrogen (secondary N) is 2. The molecule has 1 aromatic rings. The summed E-state index contributed by atoms with van der Waals surface area (Å²) in [5, 5.41) is 7.09. The minimum Gasteiger partial charge on any atom is -0.355 e. The molecule has 174 valence electrons. The molecule has 1 saturated heterocycles. The molecule has 3 rings (SSSR count). The molecule has 31 heavy (non-hydrogen) atoms. The molecule has 0 bridgehead atoms. The Bertz CT molecular complexity index is 751. The van der Waals surface area contributed by atoms with Gasteiger partial charge in [-0.2, -0.15) is 0 Å². The third kappa shape index (κ3) is 6.81. The minimum absolute atomic E-state index is 0. The van der Waals surface area contributed by atoms with Crippen molar-refractivity contribution in [2.45, 2.75) is 59.2 Å². The van der Waals surface area contributed by atoms with E-state index in [1.54, 1.807) is 0 Å². The predicted octanol–water partition coefficient (Wildman–Crippen LogP) is 3.11. The molecule has 2 aliphatic heterocycles. The lowest BCUT2D eigenvalue weighted by Crippen LogP contribution is -2.52. The quantitative estimate of drug-likeness (QED) is 0.330. The van der Waals surface area contributed by atoms with Crippen LogP contribution in [0.3, 0.4) is 0 Å². The summed E-state index contributed by atoms with van der Waals surface area (Å²) < 4.78 is 0. The summed E-state index contributed by atoms with van der Waals surface area (Å²) in [6.07, 6.45) is 2.09. The lowest BCUT2D eigenvalue weighted by Gasteiger charge is -2.38. The number of guanidine groups is 1. The normalized spacial score (nSPS) is 20.4. The zero-order valence-electron chi connectivity index (χ0n) is 19.7. The number of nitrogens with zero attached hydrogens (tertiary/aromatic N) is 3. The van der Waals surface area contributed by atoms with E-state index in [1.807, 2.05) is 25.8 Å². The van der Waals surface area contributed by atoms with Crippen LogP contribution in [0.2, 0.25) is 0 Å². The van der Waals surface area contributed by atoms with E-state index in [4.69, 9.17) is 0 Å². The van der Waals surface area contributed by atoms with E-state index in [1.165, 1.54) is 11.1 Å². The highest BCUT2D eigenvalue weighted by Crippen LogP contribution is 2.23. The maximum Gasteiger partial charge on any atom is 0.225 e. The summed E-state index contributed by atoms with van der Waals surface area (Å²) in [6.45, 7) is 13.1. The van der Waals surface area contributed by atoms with E-state index in [9.17, 15) is 4.79 Å². The van der Waals surface area contributed by atoms with Gasteiger partial charge in [0.05, 0.1) is 0 Å². The van der Waals surface area contributed by atoms with E-state index in [0.717, 1.165) is 51.5 Å². The first-order chi connectivity index (χ1) is 14.4. The molecule has 1 aromatic carbocycles. The molecular weight excluding hydrogens is 501 g/mol. The number of hydrogen-bond donors (Lipinski definition) is 2. The number of rotatable bonds is 6. The molecule has 0 aliphatic carbocycles. The zero-order valence-corrected chi connectivity index (χ0v) is 22.1. The zero-order chi connectivity index (χ0) is 21.7. The van der Waals surface area contributed by atoms with Crippen LogP contribution in [0.25, 0.3) is 0 Å². The van der Waals surface area contributed by atoms with Gasteiger partial charge >= 0.3 is 0 Å². The Kier molecular flexibility index (Phi) is 10.1. The second kappa shape index (κ2) is 12.0. The number of benzene rings is 1. The molecule has 1 fully saturated rings. The molecule has 1 amide bonds. The van der Waals surface area contributed by atoms with Crippen molar-refractivity contribution < 1.29 is 4.79 Å². The van der Waals surface area contributed by atoms with Crippen molar-refractivity contribution >= 4 is 35.8 Å². The van der Waals surface area contributed by atoms with Crippen molar-refractivity contribution in [3.63, 3.8) is 0 Å². The Balaban J connectivity index is 0.00000341. The van der Waals surface area contributed by atoms with E-state index in [2.05, 4.69) is 58.6 Å². The van der Waals surface area contributed by atoms with Gasteiger partial charge in [0, 0.05) is 57.8 Å². The van der Waals surface area contributed by atoms with Crippen molar-refractivity contribution in [3.8, 4) is 0 Å². The molecule has 0 radical (unpaired) electrons. The predicted molar refractivity (Wildman–Crippen MR) is 139 cm³/mol. The van der Waals surface area contributed by atoms with Gasteiger partial charge in [-0.05, 0) is 29.9 Å². The Morgan fingerprint density at radius 2 is 1.87 bits per heavy atom. The van der Waals surface area contributed by atoms with Gasteiger partial charge in [-0.3, -0.25) is 14.7 Å². The Morgan fingerprint density at radius 1 is 1.16 bits per heavy atom. The SMILES string of the molecule is CN=C(NCC(C(C)C)N1CCc2ccccc2C1)NC1CCN(C(=O)C(C)C)C1.I. The third-order valence-electron chi connectivity index (χ3n) is 6.44. The number of carbonyl (C=O) groups is 1. The van der Waals surface area contributed by atoms with E-state index in [0.29, 0.717) is 12.0 Å². The number of aliphatic imine (C=N–C) groups is 1. The Hall–Kier alpha value is -1.35. The molecule has 2 heterocycles. The minimum atomic E-state index is 0. The Labute approximate surface area is 205 Å². The fourth-order valence-corrected chi connectivity index (χ4v) is 4.62. The molecule has 0 saturated carbocycles. The first kappa shape index (κ1) is 25.9. The fourth-order valence-electron chi connectivity index (χ4n) is 4.62. The van der Waals surface area contributed by atoms with Crippen LogP contribution in [0.15, 0.2) is 29.3 Å². The molecule has 0 spiro atoms. The first-order valence-corrected chi connectivity index (χ1v) is 11.5. The van der Waals surface area contributed by atoms with Gasteiger partial charge in [-0.15, -0.1) is 24.0 Å². The van der Waals surface area contributed by atoms with Gasteiger partial charge in [-0.25, -0.2) is 0 Å². The molecule has 7 heteroatoms. The second-order valence-corrected chi connectivity index (χ2v) is 9.32. The number of fused-ring (bicyclic) bond motifs is 1. The largest absolute Gasteiger partial charge is 0.355 e. The summed E-state index contributed by atoms with van der Waals surface area (Å²) in [4.78, 5) is 21.3. The number of halogens is 1. The number of likely N-dealkylation sites (tertiary alicyclic amines) is 1. The highest BCUT2D eigenvalue weighted by atomic mass is 127. The number of hydrogen-bond acceptors (Lipinski definition) is 3. The standard InChI is InChI=1S/C24H39N5O.HI/c1-17(2)22(28-12-10-19-8-6-7-9-20(19)15-28)14-26-24(25-5)27-21-11-13-29(16-21)23(30)18(3)4;/h6-9,17-18,21-22H,10-16H2,1-5H3,(H2,25,26,27);1H. The van der Waals surface area contributed by atoms with Crippen LogP contribution < -0.4 is 10.6 Å². The van der Waals surface area contributed by atoms with Crippen LogP contribution >= 0.6 is 24.0 Å². The molecule has 2 aliphatic rings. The summed E-state index contributed by atoms with van der Waals surface area (Å²) in [7, 11) is 1.82. The fraction of sp³-hybridized carbons (Fsp3) is 0.667. The molecule has 6 nitrogen and oxygen atoms in total. The van der Waals surface area contributed by atoms with Gasteiger partial charge in [0.2, 0.25) is 5.91 Å². The van der Waals surface area contributed by atoms with Crippen LogP contribution in [0.1, 0.15) is 45.2 Å². The summed E-state index contributed by atoms with van der Waals surface area (Å²) in [5.74, 6) is 1.68. The molecule has 2 unspecified atom stereocenters. The highest BCUT2D eigenvalue weighted by molar-refractivity contribution is 14.0. The molecular formula is C24H40IN5O. The van der Waals surface area contributed by atoms with Crippen molar-refractivity contribution in [1.82, 2.24) is 20.4 Å². The lowest BCUT2D eigenvalue weighted by atomic mass is 9.95. The van der Waals surface area contributed by atoms with Crippen LogP contribution in [-0.2, 0) is 17.8 Å². The summed E-state index contributed by atoms with van der Waals surface area (Å²) in [6, 6.07) is 9.52. The topological polar surface area (TPSA) is 60.0 Å². The van der Waals surface area contributed by atoms with Crippen LogP contribution in [0.4, 0.5) is 0 Å². The maximum absolute atomic E-state index is 12.2. The van der Waals surface area contributed by atoms with Gasteiger partial charge in [0.25, 0.3) is 0 Å². The van der Waals surface area contributed by atoms with Crippen molar-refractivity contribution in [3.05, 3.63) is 35.4 Å². The smallest absolute Gasteiger partial charge is 0.225 e. The molecule has 0 aromatic heterocycles. The van der Waals surface area contributed by atoms with Gasteiger partial charge < -0.3 is 15.5 Å². The highest BCUT2D eigenvalue weighted by Gasteiger charge is 2.29. The molecule has 2 N–H and O–H groups in total. The number of carbonyl (C=O) groups excluding carboxylic acids is 1. The summed E-state index contributed by atoms with van der Waals surface area (Å²) in [5.41, 5.74) is 2.95. The average Bonchev–Trinajstić information content (AvgIpc) is 3.20. The van der Waals surface area contributed by atoms with Crippen molar-refractivity contribution in [2.75, 3.05) is 33.2 Å². The van der Waals surface area contributed by atoms with Gasteiger partial charge in [0.1, 0.15) is 0 Å². The molecule has 2 atom stereocenters. The van der Waals surface area contributed by atoms with Crippen LogP contribution in [0.5, 0.6) is 0 Å². The van der Waals surface area contributed by atoms with Gasteiger partial charge in [-0.1, -0.05) is 52.0 Å². The first-order valence-electron chi connectivity index (χ1n) is 11.5. The van der Waals surface area contributed by atoms with Crippen molar-refractivity contribution in [2.24, 2.45) is 16.8 Å². The Morgan fingerprint density at radius 3 is 2.52 bits per heavy atom. The monoisotopic (exact) mass is 541 g/mol. The second-order valence-electron chi connectivity index (χ2n) is 9.32. The summed E-state index contributed by atoms with van der Waals surface area (Å²) >= 11 is 0. The van der Waals surface area contributed by atoms with Crippen LogP contribution in [0, 0.1) is 11.8 Å². The van der Waals surface area contributed by atoms with E-state index < -0.39 is 0 Å². The van der Waals surface area contributed by atoms with Gasteiger partial charge in [0.15, 0.2) is 5.96 Å². The average molecular weight is 542 g/mol.